The maximum atomic E-state index is 12.1. The third kappa shape index (κ3) is 2.41. The molecule has 0 spiro atoms. The fourth-order valence-electron chi connectivity index (χ4n) is 2.80. The van der Waals surface area contributed by atoms with Crippen LogP contribution in [0.5, 0.6) is 0 Å². The van der Waals surface area contributed by atoms with Crippen LogP contribution in [0.4, 0.5) is 0 Å². The van der Waals surface area contributed by atoms with Crippen molar-refractivity contribution in [2.75, 3.05) is 0 Å². The maximum absolute atomic E-state index is 12.1. The lowest BCUT2D eigenvalue weighted by Crippen LogP contribution is -2.43. The van der Waals surface area contributed by atoms with Crippen LogP contribution in [0.25, 0.3) is 0 Å². The lowest BCUT2D eigenvalue weighted by atomic mass is 9.70. The van der Waals surface area contributed by atoms with Gasteiger partial charge in [-0.25, -0.2) is 0 Å². The number of nitrogens with zero attached hydrogens (tertiary/aromatic N) is 2. The van der Waals surface area contributed by atoms with Gasteiger partial charge in [0, 0.05) is 25.6 Å². The molecule has 0 bridgehead atoms. The lowest BCUT2D eigenvalue weighted by molar-refractivity contribution is -0.157. The number of carboxylic acid groups (broad SMARTS) is 1. The number of rotatable bonds is 4. The number of aromatic nitrogens is 2. The number of aliphatic carboxylic acids is 1. The summed E-state index contributed by atoms with van der Waals surface area (Å²) >= 11 is 0. The van der Waals surface area contributed by atoms with E-state index in [1.165, 1.54) is 0 Å². The second kappa shape index (κ2) is 5.15. The zero-order chi connectivity index (χ0) is 14.0. The van der Waals surface area contributed by atoms with E-state index in [0.29, 0.717) is 12.8 Å². The fourth-order valence-corrected chi connectivity index (χ4v) is 2.80. The highest BCUT2D eigenvalue weighted by atomic mass is 16.4. The van der Waals surface area contributed by atoms with Gasteiger partial charge in [0.2, 0.25) is 0 Å². The molecule has 1 saturated carbocycles. The van der Waals surface area contributed by atoms with Gasteiger partial charge in [0.25, 0.3) is 0 Å². The molecule has 1 N–H and O–H groups in total. The van der Waals surface area contributed by atoms with E-state index in [9.17, 15) is 14.7 Å². The van der Waals surface area contributed by atoms with Crippen LogP contribution in [0.3, 0.4) is 0 Å². The minimum absolute atomic E-state index is 0.134. The van der Waals surface area contributed by atoms with Crippen LogP contribution < -0.4 is 0 Å². The first-order valence-electron chi connectivity index (χ1n) is 6.78. The molecule has 0 saturated heterocycles. The van der Waals surface area contributed by atoms with E-state index in [2.05, 4.69) is 5.10 Å². The van der Waals surface area contributed by atoms with Crippen molar-refractivity contribution in [3.63, 3.8) is 0 Å². The minimum Gasteiger partial charge on any atom is -0.480 e. The third-order valence-corrected chi connectivity index (χ3v) is 4.07. The van der Waals surface area contributed by atoms with Gasteiger partial charge in [-0.1, -0.05) is 13.3 Å². The standard InChI is InChI=1S/C14H20N2O3/c1-3-10-8-11(16(2)15-10)9-14(13(18)19)7-5-4-6-12(14)17/h8H,3-7,9H2,1-2H3,(H,18,19). The minimum atomic E-state index is -1.24. The summed E-state index contributed by atoms with van der Waals surface area (Å²) in [5.74, 6) is -1.12. The van der Waals surface area contributed by atoms with Crippen molar-refractivity contribution < 1.29 is 14.7 Å². The SMILES string of the molecule is CCc1cc(CC2(C(=O)O)CCCCC2=O)n(C)n1. The third-order valence-electron chi connectivity index (χ3n) is 4.07. The Balaban J connectivity index is 2.33. The predicted octanol–water partition coefficient (Wildman–Crippen LogP) is 1.74. The molecule has 1 aliphatic rings. The van der Waals surface area contributed by atoms with E-state index in [1.54, 1.807) is 11.7 Å². The smallest absolute Gasteiger partial charge is 0.317 e. The second-order valence-corrected chi connectivity index (χ2v) is 5.30. The van der Waals surface area contributed by atoms with E-state index in [1.807, 2.05) is 13.0 Å². The summed E-state index contributed by atoms with van der Waals surface area (Å²) in [7, 11) is 1.80. The van der Waals surface area contributed by atoms with Crippen molar-refractivity contribution in [3.05, 3.63) is 17.5 Å². The highest BCUT2D eigenvalue weighted by molar-refractivity contribution is 6.03. The van der Waals surface area contributed by atoms with Gasteiger partial charge < -0.3 is 5.11 Å². The van der Waals surface area contributed by atoms with Crippen LogP contribution in [-0.4, -0.2) is 26.6 Å². The molecule has 5 heteroatoms. The average Bonchev–Trinajstić information content (AvgIpc) is 2.73. The van der Waals surface area contributed by atoms with E-state index < -0.39 is 11.4 Å². The molecule has 0 aliphatic heterocycles. The van der Waals surface area contributed by atoms with Crippen molar-refractivity contribution in [2.24, 2.45) is 12.5 Å². The zero-order valence-corrected chi connectivity index (χ0v) is 11.5. The van der Waals surface area contributed by atoms with Crippen LogP contribution >= 0.6 is 0 Å². The number of carbonyl (C=O) groups is 2. The molecule has 104 valence electrons. The van der Waals surface area contributed by atoms with Gasteiger partial charge in [0.05, 0.1) is 5.69 Å². The van der Waals surface area contributed by atoms with Crippen LogP contribution in [-0.2, 0) is 29.5 Å². The molecule has 1 aromatic rings. The zero-order valence-electron chi connectivity index (χ0n) is 11.5. The normalized spacial score (nSPS) is 23.6. The maximum Gasteiger partial charge on any atom is 0.317 e. The molecule has 2 rings (SSSR count). The van der Waals surface area contributed by atoms with E-state index >= 15 is 0 Å². The second-order valence-electron chi connectivity index (χ2n) is 5.30. The first kappa shape index (κ1) is 13.8. The molecule has 1 unspecified atom stereocenters. The van der Waals surface area contributed by atoms with Crippen LogP contribution in [0.15, 0.2) is 6.07 Å². The van der Waals surface area contributed by atoms with E-state index in [-0.39, 0.29) is 12.2 Å². The Labute approximate surface area is 112 Å². The Morgan fingerprint density at radius 3 is 2.79 bits per heavy atom. The molecule has 0 amide bonds. The molecule has 0 radical (unpaired) electrons. The van der Waals surface area contributed by atoms with Crippen LogP contribution in [0, 0.1) is 5.41 Å². The van der Waals surface area contributed by atoms with Crippen molar-refractivity contribution in [1.82, 2.24) is 9.78 Å². The van der Waals surface area contributed by atoms with Crippen molar-refractivity contribution in [1.29, 1.82) is 0 Å². The fraction of sp³-hybridized carbons (Fsp3) is 0.643. The summed E-state index contributed by atoms with van der Waals surface area (Å²) in [5.41, 5.74) is 0.521. The molecule has 5 nitrogen and oxygen atoms in total. The molecule has 0 aromatic carbocycles. The monoisotopic (exact) mass is 264 g/mol. The number of carbonyl (C=O) groups excluding carboxylic acids is 1. The Morgan fingerprint density at radius 2 is 2.26 bits per heavy atom. The van der Waals surface area contributed by atoms with Crippen LogP contribution in [0.2, 0.25) is 0 Å². The Morgan fingerprint density at radius 1 is 1.53 bits per heavy atom. The van der Waals surface area contributed by atoms with E-state index in [4.69, 9.17) is 0 Å². The number of Topliss-reactive ketones (excluding diaryl/α,β-unsaturated/α-hetero) is 1. The largest absolute Gasteiger partial charge is 0.480 e. The first-order valence-corrected chi connectivity index (χ1v) is 6.78. The van der Waals surface area contributed by atoms with Crippen molar-refractivity contribution in [3.8, 4) is 0 Å². The Kier molecular flexibility index (Phi) is 3.73. The molecule has 1 aliphatic carbocycles. The van der Waals surface area contributed by atoms with Gasteiger partial charge in [-0.3, -0.25) is 14.3 Å². The van der Waals surface area contributed by atoms with Crippen molar-refractivity contribution >= 4 is 11.8 Å². The number of ketones is 1. The van der Waals surface area contributed by atoms with Gasteiger partial charge in [-0.05, 0) is 25.3 Å². The summed E-state index contributed by atoms with van der Waals surface area (Å²) in [6, 6.07) is 1.91. The molecule has 1 atom stereocenters. The summed E-state index contributed by atoms with van der Waals surface area (Å²) in [5, 5.41) is 13.8. The highest BCUT2D eigenvalue weighted by Crippen LogP contribution is 2.37. The van der Waals surface area contributed by atoms with Gasteiger partial charge in [-0.2, -0.15) is 5.10 Å². The quantitative estimate of drug-likeness (QED) is 0.841. The molecular weight excluding hydrogens is 244 g/mol. The molecule has 1 heterocycles. The molecule has 1 aromatic heterocycles. The number of hydrogen-bond donors (Lipinski definition) is 1. The summed E-state index contributed by atoms with van der Waals surface area (Å²) < 4.78 is 1.70. The topological polar surface area (TPSA) is 72.2 Å². The van der Waals surface area contributed by atoms with Gasteiger partial charge in [0.15, 0.2) is 5.78 Å². The van der Waals surface area contributed by atoms with Crippen molar-refractivity contribution in [2.45, 2.75) is 45.4 Å². The van der Waals surface area contributed by atoms with Gasteiger partial charge in [-0.15, -0.1) is 0 Å². The molecule has 19 heavy (non-hydrogen) atoms. The summed E-state index contributed by atoms with van der Waals surface area (Å²) in [6.07, 6.45) is 3.49. The Bertz CT molecular complexity index is 507. The highest BCUT2D eigenvalue weighted by Gasteiger charge is 2.47. The number of carboxylic acids is 1. The molecule has 1 fully saturated rings. The van der Waals surface area contributed by atoms with Gasteiger partial charge in [0.1, 0.15) is 5.41 Å². The van der Waals surface area contributed by atoms with Crippen LogP contribution in [0.1, 0.15) is 44.0 Å². The molecular formula is C14H20N2O3. The lowest BCUT2D eigenvalue weighted by Gasteiger charge is -2.31. The number of hydrogen-bond acceptors (Lipinski definition) is 3. The first-order chi connectivity index (χ1) is 8.99. The average molecular weight is 264 g/mol. The Hall–Kier alpha value is -1.65. The predicted molar refractivity (Wildman–Crippen MR) is 69.8 cm³/mol. The number of aryl methyl sites for hydroxylation is 2. The van der Waals surface area contributed by atoms with Gasteiger partial charge >= 0.3 is 5.97 Å². The summed E-state index contributed by atoms with van der Waals surface area (Å²) in [4.78, 5) is 23.8. The van der Waals surface area contributed by atoms with E-state index in [0.717, 1.165) is 30.7 Å². The summed E-state index contributed by atoms with van der Waals surface area (Å²) in [6.45, 7) is 2.00.